The Morgan fingerprint density at radius 2 is 2.13 bits per heavy atom. The van der Waals surface area contributed by atoms with Gasteiger partial charge in [0, 0.05) is 22.8 Å². The Hall–Kier alpha value is -0.410. The maximum absolute atomic E-state index is 10.4. The van der Waals surface area contributed by atoms with Gasteiger partial charge in [-0.25, -0.2) is 0 Å². The Morgan fingerprint density at radius 1 is 1.47 bits per heavy atom. The summed E-state index contributed by atoms with van der Waals surface area (Å²) in [6.07, 6.45) is 3.14. The molecule has 15 heavy (non-hydrogen) atoms. The van der Waals surface area contributed by atoms with Crippen molar-refractivity contribution in [3.05, 3.63) is 28.5 Å². The zero-order valence-corrected chi connectivity index (χ0v) is 11.1. The molecule has 84 valence electrons. The zero-order chi connectivity index (χ0) is 11.5. The molecular formula is C12H18BrNO. The molecule has 1 atom stereocenters. The monoisotopic (exact) mass is 271 g/mol. The third-order valence-corrected chi connectivity index (χ3v) is 3.43. The van der Waals surface area contributed by atoms with Gasteiger partial charge in [0.1, 0.15) is 0 Å². The summed E-state index contributed by atoms with van der Waals surface area (Å²) in [7, 11) is 0. The summed E-state index contributed by atoms with van der Waals surface area (Å²) in [5, 5.41) is 10.4. The first kappa shape index (κ1) is 12.7. The minimum atomic E-state index is -0.638. The molecule has 0 aliphatic rings. The molecular weight excluding hydrogens is 254 g/mol. The van der Waals surface area contributed by atoms with E-state index >= 15 is 0 Å². The van der Waals surface area contributed by atoms with E-state index in [0.717, 1.165) is 16.6 Å². The van der Waals surface area contributed by atoms with Gasteiger partial charge in [0.2, 0.25) is 0 Å². The Morgan fingerprint density at radius 3 is 2.53 bits per heavy atom. The highest BCUT2D eigenvalue weighted by molar-refractivity contribution is 9.10. The van der Waals surface area contributed by atoms with Crippen LogP contribution in [0.5, 0.6) is 0 Å². The van der Waals surface area contributed by atoms with Crippen molar-refractivity contribution in [2.75, 3.05) is 0 Å². The predicted octanol–water partition coefficient (Wildman–Crippen LogP) is 3.18. The van der Waals surface area contributed by atoms with Gasteiger partial charge >= 0.3 is 0 Å². The van der Waals surface area contributed by atoms with Crippen molar-refractivity contribution in [2.45, 2.75) is 39.2 Å². The minimum absolute atomic E-state index is 0.243. The molecule has 2 nitrogen and oxygen atoms in total. The fourth-order valence-electron chi connectivity index (χ4n) is 1.56. The Kier molecular flexibility index (Phi) is 4.29. The van der Waals surface area contributed by atoms with Gasteiger partial charge in [-0.1, -0.05) is 20.8 Å². The summed E-state index contributed by atoms with van der Waals surface area (Å²) in [6, 6.07) is 3.91. The number of hydrogen-bond acceptors (Lipinski definition) is 2. The number of aromatic nitrogens is 1. The molecule has 0 saturated carbocycles. The van der Waals surface area contributed by atoms with Gasteiger partial charge in [0.15, 0.2) is 0 Å². The zero-order valence-electron chi connectivity index (χ0n) is 9.50. The first-order valence-corrected chi connectivity index (χ1v) is 6.10. The van der Waals surface area contributed by atoms with Crippen LogP contribution in [0.2, 0.25) is 0 Å². The molecule has 0 saturated heterocycles. The molecule has 0 bridgehead atoms. The van der Waals surface area contributed by atoms with Gasteiger partial charge < -0.3 is 5.11 Å². The van der Waals surface area contributed by atoms with Gasteiger partial charge in [-0.3, -0.25) is 4.98 Å². The van der Waals surface area contributed by atoms with Crippen LogP contribution < -0.4 is 0 Å². The number of hydrogen-bond donors (Lipinski definition) is 1. The average Bonchev–Trinajstić information content (AvgIpc) is 2.21. The fourth-order valence-corrected chi connectivity index (χ4v) is 1.80. The van der Waals surface area contributed by atoms with Crippen LogP contribution >= 0.6 is 15.9 Å². The lowest BCUT2D eigenvalue weighted by atomic mass is 9.83. The lowest BCUT2D eigenvalue weighted by molar-refractivity contribution is -0.00910. The van der Waals surface area contributed by atoms with E-state index in [1.165, 1.54) is 0 Å². The second-order valence-electron chi connectivity index (χ2n) is 4.26. The van der Waals surface area contributed by atoms with Gasteiger partial charge in [-0.2, -0.15) is 0 Å². The summed E-state index contributed by atoms with van der Waals surface area (Å²) in [5.74, 6) is 0.243. The fraction of sp³-hybridized carbons (Fsp3) is 0.583. The lowest BCUT2D eigenvalue weighted by Gasteiger charge is -2.30. The van der Waals surface area contributed by atoms with Crippen LogP contribution in [0.4, 0.5) is 0 Å². The van der Waals surface area contributed by atoms with Gasteiger partial charge in [0.25, 0.3) is 0 Å². The summed E-state index contributed by atoms with van der Waals surface area (Å²) in [4.78, 5) is 4.29. The lowest BCUT2D eigenvalue weighted by Crippen LogP contribution is -2.36. The Labute approximate surface area is 99.9 Å². The normalized spacial score (nSPS) is 15.3. The first-order valence-electron chi connectivity index (χ1n) is 5.30. The molecule has 0 aromatic carbocycles. The van der Waals surface area contributed by atoms with E-state index in [0.29, 0.717) is 6.42 Å². The number of nitrogens with zero attached hydrogens (tertiary/aromatic N) is 1. The van der Waals surface area contributed by atoms with Crippen LogP contribution in [-0.4, -0.2) is 15.7 Å². The van der Waals surface area contributed by atoms with E-state index in [2.05, 4.69) is 20.9 Å². The maximum Gasteiger partial charge on any atom is 0.0723 e. The highest BCUT2D eigenvalue weighted by Crippen LogP contribution is 2.25. The van der Waals surface area contributed by atoms with Crippen LogP contribution in [0.25, 0.3) is 0 Å². The molecule has 0 aliphatic heterocycles. The quantitative estimate of drug-likeness (QED) is 0.913. The molecule has 1 rings (SSSR count). The first-order chi connectivity index (χ1) is 6.98. The van der Waals surface area contributed by atoms with Crippen LogP contribution in [-0.2, 0) is 6.42 Å². The van der Waals surface area contributed by atoms with Crippen molar-refractivity contribution in [2.24, 2.45) is 5.92 Å². The number of aliphatic hydroxyl groups is 1. The predicted molar refractivity (Wildman–Crippen MR) is 65.7 cm³/mol. The number of rotatable bonds is 4. The van der Waals surface area contributed by atoms with E-state index in [-0.39, 0.29) is 5.92 Å². The van der Waals surface area contributed by atoms with Crippen molar-refractivity contribution in [1.82, 2.24) is 4.98 Å². The molecule has 1 heterocycles. The van der Waals surface area contributed by atoms with Crippen LogP contribution in [0.1, 0.15) is 32.9 Å². The maximum atomic E-state index is 10.4. The van der Waals surface area contributed by atoms with Crippen molar-refractivity contribution in [3.63, 3.8) is 0 Å². The molecule has 0 amide bonds. The summed E-state index contributed by atoms with van der Waals surface area (Å²) in [5.41, 5.74) is 0.303. The highest BCUT2D eigenvalue weighted by atomic mass is 79.9. The molecule has 1 N–H and O–H groups in total. The van der Waals surface area contributed by atoms with Crippen LogP contribution in [0.3, 0.4) is 0 Å². The van der Waals surface area contributed by atoms with Crippen molar-refractivity contribution >= 4 is 15.9 Å². The second-order valence-corrected chi connectivity index (χ2v) is 5.17. The number of halogens is 1. The van der Waals surface area contributed by atoms with E-state index in [9.17, 15) is 5.11 Å². The van der Waals surface area contributed by atoms with Crippen molar-refractivity contribution in [1.29, 1.82) is 0 Å². The van der Waals surface area contributed by atoms with E-state index in [1.54, 1.807) is 6.20 Å². The smallest absolute Gasteiger partial charge is 0.0723 e. The van der Waals surface area contributed by atoms with Gasteiger partial charge in [0.05, 0.1) is 5.60 Å². The van der Waals surface area contributed by atoms with Crippen molar-refractivity contribution in [3.8, 4) is 0 Å². The number of pyridine rings is 1. The molecule has 1 aromatic heterocycles. The third kappa shape index (κ3) is 3.28. The Balaban J connectivity index is 2.79. The van der Waals surface area contributed by atoms with E-state index < -0.39 is 5.60 Å². The molecule has 0 aliphatic carbocycles. The summed E-state index contributed by atoms with van der Waals surface area (Å²) >= 11 is 3.35. The van der Waals surface area contributed by atoms with Gasteiger partial charge in [-0.05, 0) is 40.4 Å². The third-order valence-electron chi connectivity index (χ3n) is 2.96. The SMILES string of the molecule is CCC(O)(Cc1ccc(Br)cn1)C(C)C. The standard InChI is InChI=1S/C12H18BrNO/c1-4-12(15,9(2)3)7-11-6-5-10(13)8-14-11/h5-6,8-9,15H,4,7H2,1-3H3. The summed E-state index contributed by atoms with van der Waals surface area (Å²) in [6.45, 7) is 6.10. The molecule has 1 unspecified atom stereocenters. The van der Waals surface area contributed by atoms with Crippen LogP contribution in [0.15, 0.2) is 22.8 Å². The molecule has 3 heteroatoms. The van der Waals surface area contributed by atoms with Crippen LogP contribution in [0, 0.1) is 5.92 Å². The molecule has 0 spiro atoms. The minimum Gasteiger partial charge on any atom is -0.389 e. The molecule has 0 radical (unpaired) electrons. The van der Waals surface area contributed by atoms with Crippen molar-refractivity contribution < 1.29 is 5.11 Å². The summed E-state index contributed by atoms with van der Waals surface area (Å²) < 4.78 is 0.968. The topological polar surface area (TPSA) is 33.1 Å². The largest absolute Gasteiger partial charge is 0.389 e. The van der Waals surface area contributed by atoms with E-state index in [4.69, 9.17) is 0 Å². The second kappa shape index (κ2) is 5.08. The Bertz CT molecular complexity index is 310. The molecule has 0 fully saturated rings. The van der Waals surface area contributed by atoms with E-state index in [1.807, 2.05) is 32.9 Å². The van der Waals surface area contributed by atoms with Gasteiger partial charge in [-0.15, -0.1) is 0 Å². The average molecular weight is 272 g/mol. The highest BCUT2D eigenvalue weighted by Gasteiger charge is 2.29. The molecule has 1 aromatic rings.